The third-order valence-electron chi connectivity index (χ3n) is 5.89. The highest BCUT2D eigenvalue weighted by molar-refractivity contribution is 5.95. The maximum atomic E-state index is 13.0. The fraction of sp³-hybridized carbons (Fsp3) is 0.522. The molecule has 2 fully saturated rings. The van der Waals surface area contributed by atoms with Gasteiger partial charge in [-0.15, -0.1) is 0 Å². The van der Waals surface area contributed by atoms with E-state index in [0.717, 1.165) is 44.0 Å². The van der Waals surface area contributed by atoms with Crippen molar-refractivity contribution in [1.29, 1.82) is 0 Å². The van der Waals surface area contributed by atoms with Crippen molar-refractivity contribution < 1.29 is 18.7 Å². The van der Waals surface area contributed by atoms with E-state index < -0.39 is 0 Å². The van der Waals surface area contributed by atoms with Crippen molar-refractivity contribution in [2.45, 2.75) is 25.7 Å². The van der Waals surface area contributed by atoms with E-state index in [4.69, 9.17) is 14.5 Å². The lowest BCUT2D eigenvalue weighted by Gasteiger charge is -2.32. The Morgan fingerprint density at radius 1 is 1.23 bits per heavy atom. The molecule has 0 saturated carbocycles. The topological polar surface area (TPSA) is 67.8 Å². The monoisotopic (exact) mass is 428 g/mol. The molecule has 0 spiro atoms. The number of ether oxygens (including phenoxy) is 2. The lowest BCUT2D eigenvalue weighted by molar-refractivity contribution is 0.0301. The van der Waals surface area contributed by atoms with Crippen molar-refractivity contribution in [1.82, 2.24) is 19.8 Å². The van der Waals surface area contributed by atoms with Crippen LogP contribution in [0.25, 0.3) is 0 Å². The van der Waals surface area contributed by atoms with Gasteiger partial charge in [-0.1, -0.05) is 0 Å². The highest BCUT2D eigenvalue weighted by atomic mass is 19.1. The largest absolute Gasteiger partial charge is 0.492 e. The fourth-order valence-electron chi connectivity index (χ4n) is 4.12. The number of morpholine rings is 1. The first-order valence-electron chi connectivity index (χ1n) is 10.9. The van der Waals surface area contributed by atoms with Crippen molar-refractivity contribution in [3.8, 4) is 5.75 Å². The van der Waals surface area contributed by atoms with Crippen LogP contribution in [0.15, 0.2) is 30.5 Å². The van der Waals surface area contributed by atoms with Crippen LogP contribution in [-0.2, 0) is 4.74 Å². The molecule has 2 aliphatic heterocycles. The third kappa shape index (κ3) is 5.57. The molecule has 2 saturated heterocycles. The molecule has 0 bridgehead atoms. The molecule has 3 heterocycles. The van der Waals surface area contributed by atoms with E-state index in [1.807, 2.05) is 6.92 Å². The van der Waals surface area contributed by atoms with E-state index in [9.17, 15) is 9.18 Å². The summed E-state index contributed by atoms with van der Waals surface area (Å²) in [5.41, 5.74) is 1.31. The number of hydrogen-bond donors (Lipinski definition) is 0. The van der Waals surface area contributed by atoms with Gasteiger partial charge in [-0.2, -0.15) is 0 Å². The Bertz CT molecular complexity index is 887. The maximum Gasteiger partial charge on any atom is 0.257 e. The summed E-state index contributed by atoms with van der Waals surface area (Å²) in [4.78, 5) is 26.2. The summed E-state index contributed by atoms with van der Waals surface area (Å²) in [7, 11) is 0. The van der Waals surface area contributed by atoms with E-state index in [1.165, 1.54) is 12.1 Å². The Kier molecular flexibility index (Phi) is 7.09. The van der Waals surface area contributed by atoms with Gasteiger partial charge in [0, 0.05) is 38.3 Å². The Labute approximate surface area is 182 Å². The smallest absolute Gasteiger partial charge is 0.257 e. The second-order valence-electron chi connectivity index (χ2n) is 8.07. The van der Waals surface area contributed by atoms with Gasteiger partial charge in [0.05, 0.1) is 24.5 Å². The Morgan fingerprint density at radius 3 is 2.74 bits per heavy atom. The van der Waals surface area contributed by atoms with Crippen LogP contribution in [0, 0.1) is 12.7 Å². The van der Waals surface area contributed by atoms with E-state index in [1.54, 1.807) is 23.2 Å². The van der Waals surface area contributed by atoms with E-state index in [0.29, 0.717) is 44.2 Å². The van der Waals surface area contributed by atoms with Crippen LogP contribution >= 0.6 is 0 Å². The molecule has 0 radical (unpaired) electrons. The molecule has 4 rings (SSSR count). The predicted octanol–water partition coefficient (Wildman–Crippen LogP) is 2.65. The van der Waals surface area contributed by atoms with Crippen molar-refractivity contribution >= 4 is 5.91 Å². The number of nitrogens with zero attached hydrogens (tertiary/aromatic N) is 4. The van der Waals surface area contributed by atoms with Crippen LogP contribution in [-0.4, -0.2) is 78.2 Å². The summed E-state index contributed by atoms with van der Waals surface area (Å²) >= 11 is 0. The van der Waals surface area contributed by atoms with Crippen LogP contribution in [0.5, 0.6) is 5.75 Å². The number of hydrogen-bond acceptors (Lipinski definition) is 6. The van der Waals surface area contributed by atoms with Gasteiger partial charge in [0.2, 0.25) is 0 Å². The molecule has 2 aliphatic rings. The number of carbonyl (C=O) groups is 1. The molecule has 2 aromatic rings. The normalized spacial score (nSPS) is 19.9. The second-order valence-corrected chi connectivity index (χ2v) is 8.07. The van der Waals surface area contributed by atoms with Crippen molar-refractivity contribution in [2.24, 2.45) is 0 Å². The van der Waals surface area contributed by atoms with Crippen molar-refractivity contribution in [3.63, 3.8) is 0 Å². The van der Waals surface area contributed by atoms with Gasteiger partial charge in [0.15, 0.2) is 0 Å². The summed E-state index contributed by atoms with van der Waals surface area (Å²) in [5, 5.41) is 0. The number of aromatic nitrogens is 2. The van der Waals surface area contributed by atoms with Crippen LogP contribution < -0.4 is 4.74 Å². The molecule has 1 aromatic carbocycles. The van der Waals surface area contributed by atoms with Crippen molar-refractivity contribution in [2.75, 3.05) is 52.5 Å². The molecular weight excluding hydrogens is 399 g/mol. The van der Waals surface area contributed by atoms with E-state index in [2.05, 4.69) is 9.88 Å². The first-order valence-corrected chi connectivity index (χ1v) is 10.9. The molecule has 166 valence electrons. The highest BCUT2D eigenvalue weighted by Gasteiger charge is 2.26. The molecule has 0 aliphatic carbocycles. The third-order valence-corrected chi connectivity index (χ3v) is 5.89. The van der Waals surface area contributed by atoms with E-state index in [-0.39, 0.29) is 17.6 Å². The van der Waals surface area contributed by atoms with Gasteiger partial charge in [0.1, 0.15) is 24.0 Å². The predicted molar refractivity (Wildman–Crippen MR) is 114 cm³/mol. The quantitative estimate of drug-likeness (QED) is 0.705. The number of carbonyl (C=O) groups excluding carboxylic acids is 1. The fourth-order valence-corrected chi connectivity index (χ4v) is 4.12. The molecule has 8 heteroatoms. The molecule has 1 atom stereocenters. The minimum atomic E-state index is -0.265. The maximum absolute atomic E-state index is 13.0. The Hall–Kier alpha value is -2.58. The van der Waals surface area contributed by atoms with Gasteiger partial charge < -0.3 is 14.4 Å². The van der Waals surface area contributed by atoms with E-state index >= 15 is 0 Å². The molecule has 0 unspecified atom stereocenters. The number of benzene rings is 1. The molecular formula is C23H29FN4O3. The summed E-state index contributed by atoms with van der Waals surface area (Å²) in [6, 6.07) is 6.09. The summed E-state index contributed by atoms with van der Waals surface area (Å²) in [5.74, 6) is 1.44. The standard InChI is InChI=1S/C23H29FN4O3/c1-17-21(23(29)28-10-12-30-13-11-28)15-25-22(26-17)18-3-2-8-27(16-18)9-14-31-20-6-4-19(24)5-7-20/h4-7,15,18H,2-3,8-14,16H2,1H3/t18-/m1/s1. The molecule has 1 aromatic heterocycles. The number of likely N-dealkylation sites (tertiary alicyclic amines) is 1. The first kappa shape index (κ1) is 21.6. The minimum absolute atomic E-state index is 0.0180. The van der Waals surface area contributed by atoms with Gasteiger partial charge in [-0.05, 0) is 50.6 Å². The number of amides is 1. The number of aryl methyl sites for hydroxylation is 1. The molecule has 1 amide bonds. The van der Waals surface area contributed by atoms with Crippen LogP contribution in [0.4, 0.5) is 4.39 Å². The SMILES string of the molecule is Cc1nc([C@@H]2CCCN(CCOc3ccc(F)cc3)C2)ncc1C(=O)N1CCOCC1. The number of halogens is 1. The van der Waals surface area contributed by atoms with Crippen LogP contribution in [0.2, 0.25) is 0 Å². The van der Waals surface area contributed by atoms with Gasteiger partial charge in [-0.25, -0.2) is 14.4 Å². The Balaban J connectivity index is 1.32. The number of piperidine rings is 1. The molecule has 7 nitrogen and oxygen atoms in total. The van der Waals surface area contributed by atoms with Gasteiger partial charge >= 0.3 is 0 Å². The zero-order chi connectivity index (χ0) is 21.6. The molecule has 0 N–H and O–H groups in total. The summed E-state index contributed by atoms with van der Waals surface area (Å²) in [6.45, 7) is 7.47. The van der Waals surface area contributed by atoms with Crippen LogP contribution in [0.3, 0.4) is 0 Å². The highest BCUT2D eigenvalue weighted by Crippen LogP contribution is 2.25. The van der Waals surface area contributed by atoms with Crippen LogP contribution in [0.1, 0.15) is 40.6 Å². The van der Waals surface area contributed by atoms with Gasteiger partial charge in [-0.3, -0.25) is 9.69 Å². The molecule has 31 heavy (non-hydrogen) atoms. The lowest BCUT2D eigenvalue weighted by Crippen LogP contribution is -2.41. The minimum Gasteiger partial charge on any atom is -0.492 e. The average molecular weight is 429 g/mol. The number of rotatable bonds is 6. The zero-order valence-corrected chi connectivity index (χ0v) is 17.9. The van der Waals surface area contributed by atoms with Gasteiger partial charge in [0.25, 0.3) is 5.91 Å². The Morgan fingerprint density at radius 2 is 2.00 bits per heavy atom. The second kappa shape index (κ2) is 10.2. The average Bonchev–Trinajstić information content (AvgIpc) is 2.81. The lowest BCUT2D eigenvalue weighted by atomic mass is 9.97. The summed E-state index contributed by atoms with van der Waals surface area (Å²) in [6.07, 6.45) is 3.79. The first-order chi connectivity index (χ1) is 15.1. The summed E-state index contributed by atoms with van der Waals surface area (Å²) < 4.78 is 24.1. The van der Waals surface area contributed by atoms with Crippen molar-refractivity contribution in [3.05, 3.63) is 53.4 Å². The zero-order valence-electron chi connectivity index (χ0n) is 17.9.